The van der Waals surface area contributed by atoms with Crippen molar-refractivity contribution < 1.29 is 14.3 Å². The number of rotatable bonds is 7. The van der Waals surface area contributed by atoms with Crippen molar-refractivity contribution in [1.29, 1.82) is 0 Å². The first-order valence-electron chi connectivity index (χ1n) is 8.86. The monoisotopic (exact) mass is 412 g/mol. The third-order valence-electron chi connectivity index (χ3n) is 4.24. The van der Waals surface area contributed by atoms with E-state index < -0.39 is 0 Å². The molecule has 1 N–H and O–H groups in total. The number of nitrogens with one attached hydrogen (secondary N) is 1. The molecule has 150 valence electrons. The molecule has 0 aliphatic heterocycles. The zero-order chi connectivity index (χ0) is 20.8. The van der Waals surface area contributed by atoms with Crippen LogP contribution in [-0.2, 0) is 11.2 Å². The molecule has 3 aromatic rings. The Morgan fingerprint density at radius 3 is 2.59 bits per heavy atom. The largest absolute Gasteiger partial charge is 0.493 e. The molecule has 8 heteroatoms. The van der Waals surface area contributed by atoms with Crippen molar-refractivity contribution in [3.63, 3.8) is 0 Å². The maximum absolute atomic E-state index is 12.2. The highest BCUT2D eigenvalue weighted by Crippen LogP contribution is 2.27. The first-order valence-corrected chi connectivity index (χ1v) is 9.24. The van der Waals surface area contributed by atoms with Crippen LogP contribution in [0.1, 0.15) is 16.8 Å². The van der Waals surface area contributed by atoms with Crippen LogP contribution in [0.5, 0.6) is 11.5 Å². The second kappa shape index (κ2) is 9.25. The van der Waals surface area contributed by atoms with Gasteiger partial charge in [-0.05, 0) is 36.8 Å². The van der Waals surface area contributed by atoms with Gasteiger partial charge >= 0.3 is 0 Å². The predicted octanol–water partition coefficient (Wildman–Crippen LogP) is 3.54. The smallest absolute Gasteiger partial charge is 0.244 e. The van der Waals surface area contributed by atoms with E-state index in [0.29, 0.717) is 27.9 Å². The van der Waals surface area contributed by atoms with E-state index in [1.165, 1.54) is 6.21 Å². The lowest BCUT2D eigenvalue weighted by atomic mass is 10.1. The van der Waals surface area contributed by atoms with Crippen LogP contribution in [0.25, 0.3) is 5.69 Å². The Kier molecular flexibility index (Phi) is 6.51. The lowest BCUT2D eigenvalue weighted by molar-refractivity contribution is -0.120. The van der Waals surface area contributed by atoms with Crippen molar-refractivity contribution in [2.24, 2.45) is 5.10 Å². The molecular formula is C21H21ClN4O3. The summed E-state index contributed by atoms with van der Waals surface area (Å²) in [6.07, 6.45) is 1.64. The maximum atomic E-state index is 12.2. The average Bonchev–Trinajstić information content (AvgIpc) is 3.02. The SMILES string of the molecule is COc1ccc(CC(=O)N/N=C/c2c(C)nn(-c3ccccc3)c2Cl)cc1OC. The topological polar surface area (TPSA) is 77.7 Å². The fraction of sp³-hybridized carbons (Fsp3) is 0.190. The zero-order valence-electron chi connectivity index (χ0n) is 16.3. The highest BCUT2D eigenvalue weighted by molar-refractivity contribution is 6.32. The summed E-state index contributed by atoms with van der Waals surface area (Å²) < 4.78 is 12.1. The number of hydrogen-bond acceptors (Lipinski definition) is 5. The molecule has 7 nitrogen and oxygen atoms in total. The van der Waals surface area contributed by atoms with Crippen molar-refractivity contribution in [1.82, 2.24) is 15.2 Å². The first kappa shape index (κ1) is 20.4. The quantitative estimate of drug-likeness (QED) is 0.475. The van der Waals surface area contributed by atoms with E-state index in [0.717, 1.165) is 11.3 Å². The Labute approximate surface area is 173 Å². The molecule has 0 spiro atoms. The van der Waals surface area contributed by atoms with E-state index in [4.69, 9.17) is 21.1 Å². The van der Waals surface area contributed by atoms with E-state index in [-0.39, 0.29) is 12.3 Å². The minimum Gasteiger partial charge on any atom is -0.493 e. The Bertz CT molecular complexity index is 1030. The molecule has 2 aromatic carbocycles. The van der Waals surface area contributed by atoms with Crippen molar-refractivity contribution >= 4 is 23.7 Å². The molecule has 0 aliphatic rings. The number of amides is 1. The van der Waals surface area contributed by atoms with E-state index in [1.54, 1.807) is 37.1 Å². The number of carbonyl (C=O) groups excluding carboxylic acids is 1. The van der Waals surface area contributed by atoms with Crippen LogP contribution in [0.2, 0.25) is 5.15 Å². The van der Waals surface area contributed by atoms with Crippen LogP contribution in [0.4, 0.5) is 0 Å². The summed E-state index contributed by atoms with van der Waals surface area (Å²) in [5, 5.41) is 8.88. The van der Waals surface area contributed by atoms with E-state index >= 15 is 0 Å². The number of methoxy groups -OCH3 is 2. The van der Waals surface area contributed by atoms with Crippen LogP contribution in [0, 0.1) is 6.92 Å². The highest BCUT2D eigenvalue weighted by atomic mass is 35.5. The van der Waals surface area contributed by atoms with Crippen molar-refractivity contribution in [2.75, 3.05) is 14.2 Å². The van der Waals surface area contributed by atoms with Gasteiger partial charge in [-0.3, -0.25) is 4.79 Å². The van der Waals surface area contributed by atoms with Crippen LogP contribution >= 0.6 is 11.6 Å². The zero-order valence-corrected chi connectivity index (χ0v) is 17.1. The molecule has 0 atom stereocenters. The molecule has 0 unspecified atom stereocenters. The summed E-state index contributed by atoms with van der Waals surface area (Å²) >= 11 is 6.44. The van der Waals surface area contributed by atoms with Crippen LogP contribution in [-0.4, -0.2) is 36.1 Å². The maximum Gasteiger partial charge on any atom is 0.244 e. The molecule has 1 aromatic heterocycles. The van der Waals surface area contributed by atoms with Gasteiger partial charge in [-0.15, -0.1) is 0 Å². The number of hydrazone groups is 1. The van der Waals surface area contributed by atoms with Gasteiger partial charge in [0.05, 0.1) is 43.8 Å². The van der Waals surface area contributed by atoms with Gasteiger partial charge in [0.2, 0.25) is 5.91 Å². The van der Waals surface area contributed by atoms with Gasteiger partial charge in [0.25, 0.3) is 0 Å². The number of nitrogens with zero attached hydrogens (tertiary/aromatic N) is 3. The fourth-order valence-electron chi connectivity index (χ4n) is 2.78. The lowest BCUT2D eigenvalue weighted by Gasteiger charge is -2.09. The number of carbonyl (C=O) groups is 1. The summed E-state index contributed by atoms with van der Waals surface area (Å²) in [7, 11) is 3.11. The standard InChI is InChI=1S/C21H21ClN4O3/c1-14-17(21(22)26(25-14)16-7-5-4-6-8-16)13-23-24-20(27)12-15-9-10-18(28-2)19(11-15)29-3/h4-11,13H,12H2,1-3H3,(H,24,27)/b23-13+. The van der Waals surface area contributed by atoms with Gasteiger partial charge in [-0.25, -0.2) is 10.1 Å². The molecule has 0 aliphatic carbocycles. The Morgan fingerprint density at radius 1 is 1.17 bits per heavy atom. The molecule has 1 heterocycles. The minimum absolute atomic E-state index is 0.147. The van der Waals surface area contributed by atoms with Crippen molar-refractivity contribution in [3.8, 4) is 17.2 Å². The normalized spacial score (nSPS) is 10.9. The summed E-state index contributed by atoms with van der Waals surface area (Å²) in [6.45, 7) is 1.83. The molecule has 0 bridgehead atoms. The van der Waals surface area contributed by atoms with Gasteiger partial charge in [0.1, 0.15) is 5.15 Å². The fourth-order valence-corrected chi connectivity index (χ4v) is 3.10. The predicted molar refractivity (Wildman–Crippen MR) is 112 cm³/mol. The highest BCUT2D eigenvalue weighted by Gasteiger charge is 2.13. The molecule has 0 fully saturated rings. The second-order valence-corrected chi connectivity index (χ2v) is 6.55. The summed E-state index contributed by atoms with van der Waals surface area (Å²) in [5.74, 6) is 0.907. The van der Waals surface area contributed by atoms with Crippen molar-refractivity contribution in [2.45, 2.75) is 13.3 Å². The number of halogens is 1. The number of benzene rings is 2. The molecule has 1 amide bonds. The van der Waals surface area contributed by atoms with E-state index in [2.05, 4.69) is 15.6 Å². The first-order chi connectivity index (χ1) is 14.0. The Balaban J connectivity index is 1.67. The third-order valence-corrected chi connectivity index (χ3v) is 4.61. The Hall–Kier alpha value is -3.32. The number of hydrogen-bond donors (Lipinski definition) is 1. The van der Waals surface area contributed by atoms with Gasteiger partial charge in [0.15, 0.2) is 11.5 Å². The Morgan fingerprint density at radius 2 is 1.90 bits per heavy atom. The molecule has 0 radical (unpaired) electrons. The number of aryl methyl sites for hydroxylation is 1. The summed E-state index contributed by atoms with van der Waals surface area (Å²) in [6, 6.07) is 14.9. The van der Waals surface area contributed by atoms with Crippen LogP contribution in [0.15, 0.2) is 53.6 Å². The van der Waals surface area contributed by atoms with Crippen molar-refractivity contribution in [3.05, 3.63) is 70.5 Å². The minimum atomic E-state index is -0.266. The van der Waals surface area contributed by atoms with E-state index in [9.17, 15) is 4.79 Å². The molecule has 3 rings (SSSR count). The average molecular weight is 413 g/mol. The molecular weight excluding hydrogens is 392 g/mol. The number of para-hydroxylation sites is 1. The van der Waals surface area contributed by atoms with Gasteiger partial charge in [-0.2, -0.15) is 10.2 Å². The van der Waals surface area contributed by atoms with Gasteiger partial charge < -0.3 is 9.47 Å². The molecule has 0 saturated heterocycles. The van der Waals surface area contributed by atoms with Crippen LogP contribution < -0.4 is 14.9 Å². The second-order valence-electron chi connectivity index (χ2n) is 6.20. The van der Waals surface area contributed by atoms with Crippen LogP contribution in [0.3, 0.4) is 0 Å². The van der Waals surface area contributed by atoms with Gasteiger partial charge in [0, 0.05) is 0 Å². The molecule has 0 saturated carbocycles. The number of ether oxygens (including phenoxy) is 2. The molecule has 29 heavy (non-hydrogen) atoms. The summed E-state index contributed by atoms with van der Waals surface area (Å²) in [5.41, 5.74) is 5.48. The number of aromatic nitrogens is 2. The third kappa shape index (κ3) is 4.75. The lowest BCUT2D eigenvalue weighted by Crippen LogP contribution is -2.19. The summed E-state index contributed by atoms with van der Waals surface area (Å²) in [4.78, 5) is 12.2. The van der Waals surface area contributed by atoms with E-state index in [1.807, 2.05) is 37.3 Å². The van der Waals surface area contributed by atoms with Gasteiger partial charge in [-0.1, -0.05) is 35.9 Å².